The van der Waals surface area contributed by atoms with E-state index in [0.717, 1.165) is 36.5 Å². The number of carbonyl (C=O) groups excluding carboxylic acids is 1. The fraction of sp³-hybridized carbons (Fsp3) is 0.321. The number of halogens is 1. The van der Waals surface area contributed by atoms with Crippen molar-refractivity contribution in [1.29, 1.82) is 0 Å². The van der Waals surface area contributed by atoms with Crippen molar-refractivity contribution >= 4 is 17.5 Å². The lowest BCUT2D eigenvalue weighted by Crippen LogP contribution is -2.28. The van der Waals surface area contributed by atoms with Crippen LogP contribution in [0.3, 0.4) is 0 Å². The fourth-order valence-corrected chi connectivity index (χ4v) is 5.42. The fourth-order valence-electron chi connectivity index (χ4n) is 5.42. The molecule has 0 spiro atoms. The van der Waals surface area contributed by atoms with Crippen molar-refractivity contribution in [2.24, 2.45) is 0 Å². The molecule has 1 aromatic carbocycles. The summed E-state index contributed by atoms with van der Waals surface area (Å²) < 4.78 is 16.3. The lowest BCUT2D eigenvalue weighted by molar-refractivity contribution is 0.0996. The van der Waals surface area contributed by atoms with Crippen LogP contribution in [0.2, 0.25) is 0 Å². The van der Waals surface area contributed by atoms with E-state index in [9.17, 15) is 9.18 Å². The van der Waals surface area contributed by atoms with Gasteiger partial charge < -0.3 is 10.2 Å². The van der Waals surface area contributed by atoms with Gasteiger partial charge in [-0.15, -0.1) is 10.2 Å². The van der Waals surface area contributed by atoms with Crippen molar-refractivity contribution in [3.63, 3.8) is 0 Å². The SMILES string of the molecule is CNCc1nc(N2CCCC2C)cc2c1CN(c1cccc(-c3nnc(C)n3-c3ccccc3F)n1)C2=O. The highest BCUT2D eigenvalue weighted by Gasteiger charge is 2.34. The van der Waals surface area contributed by atoms with Crippen LogP contribution in [0.15, 0.2) is 48.5 Å². The van der Waals surface area contributed by atoms with Gasteiger partial charge in [0.2, 0.25) is 0 Å². The summed E-state index contributed by atoms with van der Waals surface area (Å²) in [5, 5.41) is 11.7. The number of fused-ring (bicyclic) bond motifs is 1. The number of pyridine rings is 2. The predicted molar refractivity (Wildman–Crippen MR) is 143 cm³/mol. The molecule has 0 bridgehead atoms. The van der Waals surface area contributed by atoms with E-state index in [4.69, 9.17) is 9.97 Å². The largest absolute Gasteiger partial charge is 0.354 e. The van der Waals surface area contributed by atoms with Crippen LogP contribution < -0.4 is 15.1 Å². The molecule has 4 aromatic rings. The molecule has 194 valence electrons. The van der Waals surface area contributed by atoms with E-state index >= 15 is 0 Å². The van der Waals surface area contributed by atoms with Crippen LogP contribution in [0, 0.1) is 12.7 Å². The Labute approximate surface area is 220 Å². The van der Waals surface area contributed by atoms with Crippen molar-refractivity contribution in [2.75, 3.05) is 23.4 Å². The molecule has 10 heteroatoms. The monoisotopic (exact) mass is 512 g/mol. The number of rotatable bonds is 6. The van der Waals surface area contributed by atoms with Gasteiger partial charge in [-0.1, -0.05) is 18.2 Å². The molecule has 1 unspecified atom stereocenters. The van der Waals surface area contributed by atoms with Crippen molar-refractivity contribution in [3.8, 4) is 17.2 Å². The van der Waals surface area contributed by atoms with Gasteiger partial charge in [0.05, 0.1) is 23.5 Å². The van der Waals surface area contributed by atoms with Gasteiger partial charge in [-0.2, -0.15) is 0 Å². The normalized spacial score (nSPS) is 16.9. The summed E-state index contributed by atoms with van der Waals surface area (Å²) in [5.74, 6) is 1.80. The van der Waals surface area contributed by atoms with Crippen molar-refractivity contribution in [3.05, 3.63) is 77.0 Å². The molecule has 0 radical (unpaired) electrons. The zero-order valence-corrected chi connectivity index (χ0v) is 21.6. The summed E-state index contributed by atoms with van der Waals surface area (Å²) in [6.07, 6.45) is 2.24. The summed E-state index contributed by atoms with van der Waals surface area (Å²) in [6.45, 7) is 5.85. The number of aromatic nitrogens is 5. The Hall–Kier alpha value is -4.18. The Morgan fingerprint density at radius 2 is 1.92 bits per heavy atom. The summed E-state index contributed by atoms with van der Waals surface area (Å²) in [7, 11) is 1.88. The summed E-state index contributed by atoms with van der Waals surface area (Å²) in [5.41, 5.74) is 3.29. The van der Waals surface area contributed by atoms with Gasteiger partial charge in [-0.3, -0.25) is 14.3 Å². The Bertz CT molecular complexity index is 1530. The highest BCUT2D eigenvalue weighted by atomic mass is 19.1. The second kappa shape index (κ2) is 9.60. The summed E-state index contributed by atoms with van der Waals surface area (Å²) in [6, 6.07) is 14.2. The predicted octanol–water partition coefficient (Wildman–Crippen LogP) is 4.04. The Kier molecular flexibility index (Phi) is 6.11. The average Bonchev–Trinajstić information content (AvgIpc) is 3.62. The molecule has 38 heavy (non-hydrogen) atoms. The standard InChI is InChI=1S/C28H29FN8O/c1-17-8-7-13-35(17)26-14-19-20(23(32-26)15-30-3)16-36(28(19)38)25-12-6-10-22(31-25)27-34-33-18(2)37(27)24-11-5-4-9-21(24)29/h4-6,9-12,14,17,30H,7-8,13,15-16H2,1-3H3. The van der Waals surface area contributed by atoms with Crippen LogP contribution in [0.1, 0.15) is 47.2 Å². The van der Waals surface area contributed by atoms with Gasteiger partial charge in [0, 0.05) is 24.7 Å². The molecule has 2 aliphatic heterocycles. The van der Waals surface area contributed by atoms with E-state index in [0.29, 0.717) is 53.5 Å². The minimum absolute atomic E-state index is 0.107. The third kappa shape index (κ3) is 4.01. The zero-order valence-electron chi connectivity index (χ0n) is 21.6. The van der Waals surface area contributed by atoms with Gasteiger partial charge in [-0.25, -0.2) is 14.4 Å². The Morgan fingerprint density at radius 3 is 2.68 bits per heavy atom. The minimum atomic E-state index is -0.384. The van der Waals surface area contributed by atoms with Crippen molar-refractivity contribution in [1.82, 2.24) is 30.0 Å². The summed E-state index contributed by atoms with van der Waals surface area (Å²) >= 11 is 0. The van der Waals surface area contributed by atoms with Gasteiger partial charge in [0.25, 0.3) is 5.91 Å². The molecule has 1 saturated heterocycles. The maximum atomic E-state index is 14.7. The molecule has 9 nitrogen and oxygen atoms in total. The topological polar surface area (TPSA) is 92.1 Å². The number of nitrogens with zero attached hydrogens (tertiary/aromatic N) is 7. The molecule has 2 aliphatic rings. The van der Waals surface area contributed by atoms with E-state index in [-0.39, 0.29) is 11.7 Å². The zero-order chi connectivity index (χ0) is 26.4. The van der Waals surface area contributed by atoms with E-state index in [1.54, 1.807) is 46.7 Å². The molecule has 1 amide bonds. The molecule has 1 N–H and O–H groups in total. The first-order valence-corrected chi connectivity index (χ1v) is 12.9. The molecule has 5 heterocycles. The van der Waals surface area contributed by atoms with Crippen LogP contribution >= 0.6 is 0 Å². The molecular formula is C28H29FN8O. The number of amides is 1. The van der Waals surface area contributed by atoms with E-state index in [2.05, 4.69) is 27.3 Å². The number of para-hydroxylation sites is 1. The minimum Gasteiger partial charge on any atom is -0.354 e. The summed E-state index contributed by atoms with van der Waals surface area (Å²) in [4.78, 5) is 27.4. The lowest BCUT2D eigenvalue weighted by Gasteiger charge is -2.24. The third-order valence-corrected chi connectivity index (χ3v) is 7.34. The molecule has 1 fully saturated rings. The highest BCUT2D eigenvalue weighted by Crippen LogP contribution is 2.34. The first-order valence-electron chi connectivity index (χ1n) is 12.9. The number of nitrogens with one attached hydrogen (secondary N) is 1. The second-order valence-corrected chi connectivity index (χ2v) is 9.80. The molecule has 3 aromatic heterocycles. The molecule has 1 atom stereocenters. The number of anilines is 2. The first-order chi connectivity index (χ1) is 18.5. The Balaban J connectivity index is 1.38. The van der Waals surface area contributed by atoms with Crippen LogP contribution in [-0.2, 0) is 13.1 Å². The van der Waals surface area contributed by atoms with Crippen LogP contribution in [0.4, 0.5) is 16.0 Å². The Morgan fingerprint density at radius 1 is 1.08 bits per heavy atom. The molecule has 0 saturated carbocycles. The number of carbonyl (C=O) groups is 1. The smallest absolute Gasteiger partial charge is 0.260 e. The van der Waals surface area contributed by atoms with Gasteiger partial charge in [-0.05, 0) is 64.1 Å². The van der Waals surface area contributed by atoms with Crippen molar-refractivity contribution in [2.45, 2.75) is 45.8 Å². The maximum absolute atomic E-state index is 14.7. The maximum Gasteiger partial charge on any atom is 0.260 e. The van der Waals surface area contributed by atoms with E-state index in [1.165, 1.54) is 6.07 Å². The number of hydrogen-bond acceptors (Lipinski definition) is 7. The van der Waals surface area contributed by atoms with Crippen molar-refractivity contribution < 1.29 is 9.18 Å². The number of benzene rings is 1. The quantitative estimate of drug-likeness (QED) is 0.417. The van der Waals surface area contributed by atoms with Crippen LogP contribution in [0.5, 0.6) is 0 Å². The highest BCUT2D eigenvalue weighted by molar-refractivity contribution is 6.10. The van der Waals surface area contributed by atoms with Crippen LogP contribution in [0.25, 0.3) is 17.2 Å². The molecule has 0 aliphatic carbocycles. The third-order valence-electron chi connectivity index (χ3n) is 7.34. The second-order valence-electron chi connectivity index (χ2n) is 9.80. The number of hydrogen-bond donors (Lipinski definition) is 1. The molecular weight excluding hydrogens is 483 g/mol. The lowest BCUT2D eigenvalue weighted by atomic mass is 10.1. The average molecular weight is 513 g/mol. The van der Waals surface area contributed by atoms with E-state index < -0.39 is 0 Å². The number of aryl methyl sites for hydroxylation is 1. The first kappa shape index (κ1) is 24.2. The van der Waals surface area contributed by atoms with Gasteiger partial charge in [0.1, 0.15) is 29.0 Å². The molecule has 6 rings (SSSR count). The van der Waals surface area contributed by atoms with Crippen LogP contribution in [-0.4, -0.2) is 50.3 Å². The van der Waals surface area contributed by atoms with Gasteiger partial charge >= 0.3 is 0 Å². The van der Waals surface area contributed by atoms with Gasteiger partial charge in [0.15, 0.2) is 5.82 Å². The van der Waals surface area contributed by atoms with E-state index in [1.807, 2.05) is 19.2 Å².